The maximum atomic E-state index is 3.22. The van der Waals surface area contributed by atoms with Crippen LogP contribution < -0.4 is 5.32 Å². The molecule has 0 aliphatic rings. The first-order valence-corrected chi connectivity index (χ1v) is 4.06. The Morgan fingerprint density at radius 2 is 2.00 bits per heavy atom. The molecule has 0 heterocycles. The molecule has 1 rings (SSSR count). The van der Waals surface area contributed by atoms with Crippen molar-refractivity contribution in [2.45, 2.75) is 19.8 Å². The number of unbranched alkanes of at least 4 members (excludes halogenated alkanes) is 1. The van der Waals surface area contributed by atoms with Crippen molar-refractivity contribution in [1.82, 2.24) is 0 Å². The standard InChI is InChI=1S/C10H14N/c1-2-3-9-11-10-7-5-4-6-8-10/h4-9,11H,2-3H2,1H3. The van der Waals surface area contributed by atoms with Gasteiger partial charge in [-0.25, -0.2) is 0 Å². The maximum absolute atomic E-state index is 3.22. The van der Waals surface area contributed by atoms with E-state index in [9.17, 15) is 0 Å². The van der Waals surface area contributed by atoms with E-state index in [2.05, 4.69) is 30.9 Å². The molecule has 0 aromatic heterocycles. The summed E-state index contributed by atoms with van der Waals surface area (Å²) in [6.07, 6.45) is 2.31. The summed E-state index contributed by atoms with van der Waals surface area (Å²) in [5, 5.41) is 3.22. The van der Waals surface area contributed by atoms with Gasteiger partial charge in [-0.2, -0.15) is 0 Å². The quantitative estimate of drug-likeness (QED) is 0.647. The van der Waals surface area contributed by atoms with Crippen LogP contribution in [0.2, 0.25) is 0 Å². The van der Waals surface area contributed by atoms with E-state index in [-0.39, 0.29) is 0 Å². The number of nitrogens with one attached hydrogen (secondary N) is 1. The van der Waals surface area contributed by atoms with E-state index in [1.807, 2.05) is 18.2 Å². The highest BCUT2D eigenvalue weighted by Gasteiger charge is 1.86. The minimum absolute atomic E-state index is 1.12. The highest BCUT2D eigenvalue weighted by atomic mass is 14.9. The molecule has 1 aromatic carbocycles. The van der Waals surface area contributed by atoms with Crippen LogP contribution in [0.25, 0.3) is 0 Å². The summed E-state index contributed by atoms with van der Waals surface area (Å²) in [4.78, 5) is 0. The zero-order chi connectivity index (χ0) is 7.94. The zero-order valence-electron chi connectivity index (χ0n) is 6.88. The van der Waals surface area contributed by atoms with Crippen LogP contribution in [0.1, 0.15) is 19.8 Å². The average molecular weight is 148 g/mol. The molecule has 11 heavy (non-hydrogen) atoms. The van der Waals surface area contributed by atoms with E-state index in [0.717, 1.165) is 6.42 Å². The first-order valence-electron chi connectivity index (χ1n) is 4.06. The second kappa shape index (κ2) is 4.78. The lowest BCUT2D eigenvalue weighted by Crippen LogP contribution is -1.92. The van der Waals surface area contributed by atoms with E-state index < -0.39 is 0 Å². The van der Waals surface area contributed by atoms with E-state index in [1.54, 1.807) is 0 Å². The SMILES string of the molecule is CCC[CH]Nc1ccccc1. The summed E-state index contributed by atoms with van der Waals surface area (Å²) in [6.45, 7) is 4.26. The highest BCUT2D eigenvalue weighted by Crippen LogP contribution is 2.06. The predicted octanol–water partition coefficient (Wildman–Crippen LogP) is 3.06. The third-order valence-corrected chi connectivity index (χ3v) is 1.48. The summed E-state index contributed by atoms with van der Waals surface area (Å²) < 4.78 is 0. The van der Waals surface area contributed by atoms with Gasteiger partial charge in [0, 0.05) is 12.2 Å². The van der Waals surface area contributed by atoms with Gasteiger partial charge in [-0.15, -0.1) is 0 Å². The minimum atomic E-state index is 1.12. The molecule has 0 unspecified atom stereocenters. The van der Waals surface area contributed by atoms with Crippen molar-refractivity contribution in [2.75, 3.05) is 5.32 Å². The van der Waals surface area contributed by atoms with Crippen molar-refractivity contribution in [3.8, 4) is 0 Å². The number of benzene rings is 1. The monoisotopic (exact) mass is 148 g/mol. The third-order valence-electron chi connectivity index (χ3n) is 1.48. The van der Waals surface area contributed by atoms with Gasteiger partial charge >= 0.3 is 0 Å². The first-order chi connectivity index (χ1) is 5.43. The molecule has 59 valence electrons. The van der Waals surface area contributed by atoms with Crippen molar-refractivity contribution in [3.05, 3.63) is 36.9 Å². The fraction of sp³-hybridized carbons (Fsp3) is 0.300. The van der Waals surface area contributed by atoms with Crippen LogP contribution in [0.15, 0.2) is 30.3 Å². The molecule has 0 spiro atoms. The number of anilines is 1. The molecular weight excluding hydrogens is 134 g/mol. The zero-order valence-corrected chi connectivity index (χ0v) is 6.88. The number of rotatable bonds is 4. The molecule has 0 fully saturated rings. The third kappa shape index (κ3) is 3.08. The summed E-state index contributed by atoms with van der Waals surface area (Å²) in [7, 11) is 0. The van der Waals surface area contributed by atoms with Gasteiger partial charge in [-0.3, -0.25) is 0 Å². The summed E-state index contributed by atoms with van der Waals surface area (Å²) in [5.74, 6) is 0. The average Bonchev–Trinajstić information content (AvgIpc) is 2.07. The molecular formula is C10H14N. The van der Waals surface area contributed by atoms with Gasteiger partial charge in [0.05, 0.1) is 0 Å². The highest BCUT2D eigenvalue weighted by molar-refractivity contribution is 5.43. The predicted molar refractivity (Wildman–Crippen MR) is 49.3 cm³/mol. The van der Waals surface area contributed by atoms with E-state index in [1.165, 1.54) is 12.1 Å². The molecule has 1 aromatic rings. The first kappa shape index (κ1) is 8.12. The molecule has 0 aliphatic heterocycles. The van der Waals surface area contributed by atoms with Crippen LogP contribution in [-0.4, -0.2) is 0 Å². The van der Waals surface area contributed by atoms with Crippen molar-refractivity contribution in [3.63, 3.8) is 0 Å². The van der Waals surface area contributed by atoms with Crippen LogP contribution in [0.4, 0.5) is 5.69 Å². The van der Waals surface area contributed by atoms with Crippen LogP contribution in [0, 0.1) is 6.54 Å². The van der Waals surface area contributed by atoms with Crippen LogP contribution in [0.5, 0.6) is 0 Å². The second-order valence-electron chi connectivity index (χ2n) is 2.50. The van der Waals surface area contributed by atoms with E-state index in [0.29, 0.717) is 0 Å². The lowest BCUT2D eigenvalue weighted by molar-refractivity contribution is 0.905. The number of para-hydroxylation sites is 1. The van der Waals surface area contributed by atoms with Crippen LogP contribution in [-0.2, 0) is 0 Å². The Kier molecular flexibility index (Phi) is 3.53. The molecule has 0 atom stereocenters. The fourth-order valence-electron chi connectivity index (χ4n) is 0.869. The molecule has 1 radical (unpaired) electrons. The second-order valence-corrected chi connectivity index (χ2v) is 2.50. The van der Waals surface area contributed by atoms with E-state index >= 15 is 0 Å². The molecule has 0 saturated heterocycles. The molecule has 0 aliphatic carbocycles. The Morgan fingerprint density at radius 1 is 1.27 bits per heavy atom. The van der Waals surface area contributed by atoms with Gasteiger partial charge < -0.3 is 5.32 Å². The van der Waals surface area contributed by atoms with Crippen molar-refractivity contribution in [1.29, 1.82) is 0 Å². The van der Waals surface area contributed by atoms with Crippen molar-refractivity contribution < 1.29 is 0 Å². The largest absolute Gasteiger partial charge is 0.380 e. The summed E-state index contributed by atoms with van der Waals surface area (Å²) >= 11 is 0. The van der Waals surface area contributed by atoms with Gasteiger partial charge in [0.1, 0.15) is 0 Å². The Morgan fingerprint density at radius 3 is 2.64 bits per heavy atom. The van der Waals surface area contributed by atoms with Gasteiger partial charge in [-0.1, -0.05) is 31.5 Å². The summed E-state index contributed by atoms with van der Waals surface area (Å²) in [5.41, 5.74) is 1.17. The summed E-state index contributed by atoms with van der Waals surface area (Å²) in [6, 6.07) is 10.2. The fourth-order valence-corrected chi connectivity index (χ4v) is 0.869. The van der Waals surface area contributed by atoms with E-state index in [4.69, 9.17) is 0 Å². The topological polar surface area (TPSA) is 12.0 Å². The van der Waals surface area contributed by atoms with Gasteiger partial charge in [0.2, 0.25) is 0 Å². The van der Waals surface area contributed by atoms with Crippen molar-refractivity contribution in [2.24, 2.45) is 0 Å². The molecule has 1 heteroatoms. The Hall–Kier alpha value is -0.980. The van der Waals surface area contributed by atoms with Crippen molar-refractivity contribution >= 4 is 5.69 Å². The lowest BCUT2D eigenvalue weighted by Gasteiger charge is -2.02. The van der Waals surface area contributed by atoms with Crippen LogP contribution >= 0.6 is 0 Å². The Labute approximate surface area is 68.4 Å². The number of hydrogen-bond acceptors (Lipinski definition) is 1. The maximum Gasteiger partial charge on any atom is 0.0462 e. The molecule has 0 saturated carbocycles. The van der Waals surface area contributed by atoms with Crippen LogP contribution in [0.3, 0.4) is 0 Å². The smallest absolute Gasteiger partial charge is 0.0462 e. The Bertz CT molecular complexity index is 181. The molecule has 0 amide bonds. The Balaban J connectivity index is 2.28. The van der Waals surface area contributed by atoms with Gasteiger partial charge in [-0.05, 0) is 18.6 Å². The number of hydrogen-bond donors (Lipinski definition) is 1. The molecule has 0 bridgehead atoms. The minimum Gasteiger partial charge on any atom is -0.380 e. The normalized spacial score (nSPS) is 9.55. The molecule has 1 N–H and O–H groups in total. The lowest BCUT2D eigenvalue weighted by atomic mass is 10.3. The molecule has 1 nitrogen and oxygen atoms in total. The van der Waals surface area contributed by atoms with Gasteiger partial charge in [0.25, 0.3) is 0 Å². The van der Waals surface area contributed by atoms with Gasteiger partial charge in [0.15, 0.2) is 0 Å².